The van der Waals surface area contributed by atoms with E-state index in [0.29, 0.717) is 21.9 Å². The lowest BCUT2D eigenvalue weighted by Crippen LogP contribution is -2.35. The average molecular weight is 460 g/mol. The molecular weight excluding hydrogens is 431 g/mol. The predicted octanol–water partition coefficient (Wildman–Crippen LogP) is 6.34. The van der Waals surface area contributed by atoms with Crippen LogP contribution in [0.1, 0.15) is 61.6 Å². The number of aryl methyl sites for hydroxylation is 1. The van der Waals surface area contributed by atoms with Gasteiger partial charge in [0.25, 0.3) is 0 Å². The van der Waals surface area contributed by atoms with Crippen LogP contribution in [0.2, 0.25) is 0 Å². The normalized spacial score (nSPS) is 21.5. The standard InChI is InChI=1S/C25H28F3N3O2/c1-14(2)18-10-7-16(4)11-21(18)33-24(32)19-13-29-31-22(25(26,27)28)12-20(30-23(19)31)17-8-5-15(3)6-9-17/h5-6,8-9,12-14,16,18,21H,7,10-11H2,1-4H3/t16-,18+,21-/m1/s1. The van der Waals surface area contributed by atoms with E-state index in [9.17, 15) is 18.0 Å². The zero-order valence-electron chi connectivity index (χ0n) is 19.2. The second-order valence-corrected chi connectivity index (χ2v) is 9.45. The first-order valence-electron chi connectivity index (χ1n) is 11.3. The van der Waals surface area contributed by atoms with Gasteiger partial charge in [-0.05, 0) is 43.6 Å². The minimum Gasteiger partial charge on any atom is -0.458 e. The van der Waals surface area contributed by atoms with Crippen LogP contribution < -0.4 is 0 Å². The van der Waals surface area contributed by atoms with Crippen molar-refractivity contribution in [2.75, 3.05) is 0 Å². The molecule has 0 amide bonds. The molecule has 1 saturated carbocycles. The van der Waals surface area contributed by atoms with Crippen molar-refractivity contribution in [3.8, 4) is 11.3 Å². The first-order chi connectivity index (χ1) is 15.5. The van der Waals surface area contributed by atoms with Gasteiger partial charge in [0.05, 0.1) is 11.9 Å². The molecule has 1 aliphatic rings. The van der Waals surface area contributed by atoms with Gasteiger partial charge in [-0.25, -0.2) is 14.3 Å². The van der Waals surface area contributed by atoms with Crippen molar-refractivity contribution in [1.82, 2.24) is 14.6 Å². The van der Waals surface area contributed by atoms with E-state index >= 15 is 0 Å². The SMILES string of the molecule is Cc1ccc(-c2cc(C(F)(F)F)n3ncc(C(=O)O[C@@H]4C[C@H](C)CC[C@H]4C(C)C)c3n2)cc1. The number of alkyl halides is 3. The topological polar surface area (TPSA) is 56.5 Å². The number of ether oxygens (including phenoxy) is 1. The summed E-state index contributed by atoms with van der Waals surface area (Å²) in [6, 6.07) is 7.97. The van der Waals surface area contributed by atoms with E-state index in [1.165, 1.54) is 0 Å². The Morgan fingerprint density at radius 3 is 2.52 bits per heavy atom. The number of nitrogens with zero attached hydrogens (tertiary/aromatic N) is 3. The summed E-state index contributed by atoms with van der Waals surface area (Å²) < 4.78 is 48.1. The molecule has 0 N–H and O–H groups in total. The minimum absolute atomic E-state index is 0.0600. The van der Waals surface area contributed by atoms with Crippen LogP contribution in [0.4, 0.5) is 13.2 Å². The van der Waals surface area contributed by atoms with Gasteiger partial charge in [-0.3, -0.25) is 0 Å². The van der Waals surface area contributed by atoms with E-state index in [1.54, 1.807) is 24.3 Å². The predicted molar refractivity (Wildman–Crippen MR) is 119 cm³/mol. The lowest BCUT2D eigenvalue weighted by Gasteiger charge is -2.36. The maximum atomic E-state index is 13.8. The number of aromatic nitrogens is 3. The fourth-order valence-electron chi connectivity index (χ4n) is 4.63. The third kappa shape index (κ3) is 4.75. The number of fused-ring (bicyclic) bond motifs is 1. The Hall–Kier alpha value is -2.90. The highest BCUT2D eigenvalue weighted by Crippen LogP contribution is 2.37. The first kappa shape index (κ1) is 23.3. The number of esters is 1. The molecule has 1 fully saturated rings. The van der Waals surface area contributed by atoms with Crippen molar-refractivity contribution < 1.29 is 22.7 Å². The Morgan fingerprint density at radius 1 is 1.18 bits per heavy atom. The summed E-state index contributed by atoms with van der Waals surface area (Å²) in [4.78, 5) is 17.5. The van der Waals surface area contributed by atoms with E-state index in [2.05, 4.69) is 30.9 Å². The molecule has 1 aromatic carbocycles. The van der Waals surface area contributed by atoms with Gasteiger partial charge in [0, 0.05) is 5.56 Å². The highest BCUT2D eigenvalue weighted by Gasteiger charge is 2.37. The number of halogens is 3. The van der Waals surface area contributed by atoms with Crippen LogP contribution in [-0.2, 0) is 10.9 Å². The van der Waals surface area contributed by atoms with Gasteiger partial charge < -0.3 is 4.74 Å². The lowest BCUT2D eigenvalue weighted by atomic mass is 9.75. The zero-order valence-corrected chi connectivity index (χ0v) is 19.2. The highest BCUT2D eigenvalue weighted by atomic mass is 19.4. The Labute approximate surface area is 191 Å². The molecular formula is C25H28F3N3O2. The third-order valence-corrected chi connectivity index (χ3v) is 6.55. The molecule has 3 aromatic rings. The van der Waals surface area contributed by atoms with Crippen LogP contribution in [-0.4, -0.2) is 26.7 Å². The first-order valence-corrected chi connectivity index (χ1v) is 11.3. The highest BCUT2D eigenvalue weighted by molar-refractivity contribution is 5.96. The maximum Gasteiger partial charge on any atom is 0.433 e. The van der Waals surface area contributed by atoms with Gasteiger partial charge in [-0.15, -0.1) is 0 Å². The molecule has 1 aliphatic carbocycles. The summed E-state index contributed by atoms with van der Waals surface area (Å²) in [5.74, 6) is 0.289. The van der Waals surface area contributed by atoms with Crippen molar-refractivity contribution >= 4 is 11.6 Å². The lowest BCUT2D eigenvalue weighted by molar-refractivity contribution is -0.142. The molecule has 2 heterocycles. The summed E-state index contributed by atoms with van der Waals surface area (Å²) in [6.07, 6.45) is -1.06. The molecule has 0 saturated heterocycles. The van der Waals surface area contributed by atoms with Crippen LogP contribution >= 0.6 is 0 Å². The van der Waals surface area contributed by atoms with Crippen molar-refractivity contribution in [3.05, 3.63) is 53.3 Å². The summed E-state index contributed by atoms with van der Waals surface area (Å²) in [7, 11) is 0. The molecule has 0 spiro atoms. The van der Waals surface area contributed by atoms with E-state index in [-0.39, 0.29) is 28.9 Å². The molecule has 5 nitrogen and oxygen atoms in total. The van der Waals surface area contributed by atoms with E-state index in [4.69, 9.17) is 4.74 Å². The summed E-state index contributed by atoms with van der Waals surface area (Å²) in [5.41, 5.74) is 0.413. The van der Waals surface area contributed by atoms with Gasteiger partial charge in [0.15, 0.2) is 11.3 Å². The molecule has 0 radical (unpaired) electrons. The van der Waals surface area contributed by atoms with E-state index in [0.717, 1.165) is 37.1 Å². The Bertz CT molecular complexity index is 1150. The van der Waals surface area contributed by atoms with Crippen LogP contribution in [0.3, 0.4) is 0 Å². The van der Waals surface area contributed by atoms with Gasteiger partial charge in [0.2, 0.25) is 0 Å². The van der Waals surface area contributed by atoms with Gasteiger partial charge in [0.1, 0.15) is 11.7 Å². The maximum absolute atomic E-state index is 13.8. The number of hydrogen-bond acceptors (Lipinski definition) is 4. The molecule has 0 bridgehead atoms. The Balaban J connectivity index is 1.75. The number of benzene rings is 1. The van der Waals surface area contributed by atoms with Crippen molar-refractivity contribution in [2.45, 2.75) is 59.2 Å². The number of carbonyl (C=O) groups excluding carboxylic acids is 1. The van der Waals surface area contributed by atoms with Gasteiger partial charge in [-0.2, -0.15) is 18.3 Å². The van der Waals surface area contributed by atoms with Crippen LogP contribution in [0, 0.1) is 24.7 Å². The van der Waals surface area contributed by atoms with Crippen molar-refractivity contribution in [1.29, 1.82) is 0 Å². The third-order valence-electron chi connectivity index (χ3n) is 6.55. The molecule has 3 atom stereocenters. The fraction of sp³-hybridized carbons (Fsp3) is 0.480. The summed E-state index contributed by atoms with van der Waals surface area (Å²) in [5, 5.41) is 3.85. The second-order valence-electron chi connectivity index (χ2n) is 9.45. The van der Waals surface area contributed by atoms with Crippen LogP contribution in [0.5, 0.6) is 0 Å². The summed E-state index contributed by atoms with van der Waals surface area (Å²) >= 11 is 0. The molecule has 33 heavy (non-hydrogen) atoms. The average Bonchev–Trinajstić information content (AvgIpc) is 3.16. The van der Waals surface area contributed by atoms with Crippen LogP contribution in [0.15, 0.2) is 36.5 Å². The minimum atomic E-state index is -4.67. The smallest absolute Gasteiger partial charge is 0.433 e. The van der Waals surface area contributed by atoms with E-state index in [1.807, 2.05) is 6.92 Å². The summed E-state index contributed by atoms with van der Waals surface area (Å²) in [6.45, 7) is 8.21. The molecule has 2 aromatic heterocycles. The Morgan fingerprint density at radius 2 is 1.88 bits per heavy atom. The Kier molecular flexibility index (Phi) is 6.20. The molecule has 4 rings (SSSR count). The fourth-order valence-corrected chi connectivity index (χ4v) is 4.63. The molecule has 8 heteroatoms. The zero-order chi connectivity index (χ0) is 23.9. The van der Waals surface area contributed by atoms with Gasteiger partial charge in [-0.1, -0.05) is 57.0 Å². The monoisotopic (exact) mass is 459 g/mol. The quantitative estimate of drug-likeness (QED) is 0.427. The van der Waals surface area contributed by atoms with Crippen LogP contribution in [0.25, 0.3) is 16.9 Å². The van der Waals surface area contributed by atoms with Crippen molar-refractivity contribution in [2.24, 2.45) is 17.8 Å². The van der Waals surface area contributed by atoms with Crippen molar-refractivity contribution in [3.63, 3.8) is 0 Å². The second kappa shape index (κ2) is 8.80. The number of hydrogen-bond donors (Lipinski definition) is 0. The van der Waals surface area contributed by atoms with Gasteiger partial charge >= 0.3 is 12.1 Å². The molecule has 176 valence electrons. The largest absolute Gasteiger partial charge is 0.458 e. The number of rotatable bonds is 4. The number of carbonyl (C=O) groups is 1. The molecule has 0 aliphatic heterocycles. The van der Waals surface area contributed by atoms with E-state index < -0.39 is 17.8 Å². The molecule has 0 unspecified atom stereocenters.